The van der Waals surface area contributed by atoms with Gasteiger partial charge in [0.1, 0.15) is 0 Å². The summed E-state index contributed by atoms with van der Waals surface area (Å²) >= 11 is 7.51. The van der Waals surface area contributed by atoms with E-state index in [-0.39, 0.29) is 24.6 Å². The maximum atomic E-state index is 11.0. The zero-order valence-corrected chi connectivity index (χ0v) is 25.5. The zero-order valence-electron chi connectivity index (χ0n) is 23.8. The minimum Gasteiger partial charge on any atom is -0.454 e. The van der Waals surface area contributed by atoms with Crippen LogP contribution < -0.4 is 19.7 Å². The van der Waals surface area contributed by atoms with Crippen molar-refractivity contribution in [3.05, 3.63) is 130 Å². The Morgan fingerprint density at radius 2 is 1.64 bits per heavy atom. The molecule has 0 bridgehead atoms. The number of hydrogen-bond acceptors (Lipinski definition) is 7. The molecule has 11 heteroatoms. The van der Waals surface area contributed by atoms with Crippen molar-refractivity contribution in [2.75, 3.05) is 11.7 Å². The number of pyridine rings is 1. The number of nitro benzene ring substituents is 1. The number of ether oxygens (including phenoxy) is 2. The molecule has 2 aromatic heterocycles. The highest BCUT2D eigenvalue weighted by Gasteiger charge is 2.42. The van der Waals surface area contributed by atoms with Gasteiger partial charge in [0.05, 0.1) is 22.7 Å². The molecule has 1 fully saturated rings. The highest BCUT2D eigenvalue weighted by molar-refractivity contribution is 7.99. The van der Waals surface area contributed by atoms with Gasteiger partial charge in [0.25, 0.3) is 5.69 Å². The lowest BCUT2D eigenvalue weighted by Crippen LogP contribution is -2.29. The average Bonchev–Trinajstić information content (AvgIpc) is 3.72. The van der Waals surface area contributed by atoms with Crippen LogP contribution in [0.3, 0.4) is 0 Å². The molecule has 1 N–H and O–H groups in total. The van der Waals surface area contributed by atoms with Gasteiger partial charge in [0.2, 0.25) is 6.79 Å². The smallest absolute Gasteiger partial charge is 0.269 e. The molecule has 5 aromatic rings. The average molecular weight is 622 g/mol. The van der Waals surface area contributed by atoms with Crippen molar-refractivity contribution >= 4 is 40.5 Å². The van der Waals surface area contributed by atoms with Gasteiger partial charge in [-0.05, 0) is 98.4 Å². The van der Waals surface area contributed by atoms with Crippen LogP contribution in [0.1, 0.15) is 34.7 Å². The molecule has 2 atom stereocenters. The van der Waals surface area contributed by atoms with E-state index in [0.717, 1.165) is 55.3 Å². The number of nitrogens with one attached hydrogen (secondary N) is 1. The Bertz CT molecular complexity index is 1880. The molecule has 7 rings (SSSR count). The standard InChI is InChI=1S/C33H27N5O4S2/c1-20-17-27(21(2)36(20)24-10-15-29-30(18-24)42-19-41-29)32-31(28-5-3-4-16-34-28)35-33(43)37(32)22-6-11-25(12-7-22)44-26-13-8-23(9-14-26)38(39)40/h3-18,31-32H,19H2,1-2H3,(H,35,43)/t31-,32+/m1/s1. The number of fused-ring (bicyclic) bond motifs is 1. The van der Waals surface area contributed by atoms with Crippen molar-refractivity contribution in [3.63, 3.8) is 0 Å². The van der Waals surface area contributed by atoms with Crippen LogP contribution in [0.25, 0.3) is 5.69 Å². The second-order valence-electron chi connectivity index (χ2n) is 10.5. The number of aromatic nitrogens is 2. The quantitative estimate of drug-likeness (QED) is 0.113. The Balaban J connectivity index is 1.25. The first-order valence-corrected chi connectivity index (χ1v) is 15.2. The first-order chi connectivity index (χ1) is 21.4. The van der Waals surface area contributed by atoms with Crippen molar-refractivity contribution in [1.29, 1.82) is 0 Å². The van der Waals surface area contributed by atoms with E-state index in [2.05, 4.69) is 46.8 Å². The third kappa shape index (κ3) is 5.03. The number of aryl methyl sites for hydroxylation is 1. The van der Waals surface area contributed by atoms with Gasteiger partial charge in [0.15, 0.2) is 16.6 Å². The molecule has 2 aliphatic rings. The summed E-state index contributed by atoms with van der Waals surface area (Å²) < 4.78 is 13.4. The van der Waals surface area contributed by atoms with Gasteiger partial charge < -0.3 is 24.3 Å². The predicted octanol–water partition coefficient (Wildman–Crippen LogP) is 7.45. The monoisotopic (exact) mass is 621 g/mol. The number of non-ortho nitro benzene ring substituents is 1. The van der Waals surface area contributed by atoms with Gasteiger partial charge in [-0.15, -0.1) is 0 Å². The second-order valence-corrected chi connectivity index (χ2v) is 12.1. The summed E-state index contributed by atoms with van der Waals surface area (Å²) in [6.45, 7) is 4.46. The van der Waals surface area contributed by atoms with Crippen molar-refractivity contribution in [2.45, 2.75) is 35.7 Å². The predicted molar refractivity (Wildman–Crippen MR) is 173 cm³/mol. The van der Waals surface area contributed by atoms with Crippen molar-refractivity contribution in [3.8, 4) is 17.2 Å². The minimum absolute atomic E-state index is 0.0751. The number of hydrogen-bond donors (Lipinski definition) is 1. The first kappa shape index (κ1) is 27.9. The van der Waals surface area contributed by atoms with Gasteiger partial charge in [-0.25, -0.2) is 0 Å². The number of nitrogens with zero attached hydrogens (tertiary/aromatic N) is 4. The lowest BCUT2D eigenvalue weighted by atomic mass is 9.96. The lowest BCUT2D eigenvalue weighted by molar-refractivity contribution is -0.384. The van der Waals surface area contributed by atoms with Gasteiger partial charge in [-0.2, -0.15) is 0 Å². The van der Waals surface area contributed by atoms with E-state index in [4.69, 9.17) is 26.7 Å². The molecule has 1 saturated heterocycles. The fourth-order valence-electron chi connectivity index (χ4n) is 5.90. The summed E-state index contributed by atoms with van der Waals surface area (Å²) in [4.78, 5) is 19.4. The van der Waals surface area contributed by atoms with E-state index < -0.39 is 4.92 Å². The maximum absolute atomic E-state index is 11.0. The molecule has 220 valence electrons. The number of anilines is 1. The molecule has 9 nitrogen and oxygen atoms in total. The number of rotatable bonds is 7. The Morgan fingerprint density at radius 1 is 0.932 bits per heavy atom. The summed E-state index contributed by atoms with van der Waals surface area (Å²) in [5.74, 6) is 1.48. The summed E-state index contributed by atoms with van der Waals surface area (Å²) in [5.41, 5.74) is 6.24. The summed E-state index contributed by atoms with van der Waals surface area (Å²) in [7, 11) is 0. The summed E-state index contributed by atoms with van der Waals surface area (Å²) in [6.07, 6.45) is 1.81. The topological polar surface area (TPSA) is 94.7 Å². The molecule has 3 aromatic carbocycles. The lowest BCUT2D eigenvalue weighted by Gasteiger charge is -2.28. The van der Waals surface area contributed by atoms with Crippen LogP contribution in [0, 0.1) is 24.0 Å². The van der Waals surface area contributed by atoms with E-state index in [0.29, 0.717) is 5.11 Å². The minimum atomic E-state index is -0.391. The van der Waals surface area contributed by atoms with Gasteiger partial charge in [-0.3, -0.25) is 15.1 Å². The SMILES string of the molecule is Cc1cc([C@H]2[C@@H](c3ccccn3)NC(=S)N2c2ccc(Sc3ccc([N+](=O)[O-])cc3)cc2)c(C)n1-c1ccc2c(c1)OCO2. The molecule has 0 spiro atoms. The molecule has 0 unspecified atom stereocenters. The van der Waals surface area contributed by atoms with Crippen LogP contribution in [0.2, 0.25) is 0 Å². The maximum Gasteiger partial charge on any atom is 0.269 e. The summed E-state index contributed by atoms with van der Waals surface area (Å²) in [6, 6.07) is 28.6. The van der Waals surface area contributed by atoms with Crippen LogP contribution >= 0.6 is 24.0 Å². The molecular weight excluding hydrogens is 595 g/mol. The second kappa shape index (κ2) is 11.3. The molecular formula is C33H27N5O4S2. The highest BCUT2D eigenvalue weighted by Crippen LogP contribution is 2.45. The van der Waals surface area contributed by atoms with Crippen molar-refractivity contribution in [1.82, 2.24) is 14.9 Å². The molecule has 0 radical (unpaired) electrons. The normalized spacial score (nSPS) is 17.1. The Morgan fingerprint density at radius 3 is 2.34 bits per heavy atom. The van der Waals surface area contributed by atoms with Crippen LogP contribution in [0.4, 0.5) is 11.4 Å². The van der Waals surface area contributed by atoms with E-state index in [9.17, 15) is 10.1 Å². The first-order valence-electron chi connectivity index (χ1n) is 14.0. The third-order valence-electron chi connectivity index (χ3n) is 7.90. The molecule has 4 heterocycles. The third-order valence-corrected chi connectivity index (χ3v) is 9.23. The largest absolute Gasteiger partial charge is 0.454 e. The van der Waals surface area contributed by atoms with E-state index in [1.165, 1.54) is 12.1 Å². The molecule has 44 heavy (non-hydrogen) atoms. The fourth-order valence-corrected chi connectivity index (χ4v) is 7.07. The fraction of sp³-hybridized carbons (Fsp3) is 0.152. The Hall–Kier alpha value is -4.87. The zero-order chi connectivity index (χ0) is 30.4. The number of benzene rings is 3. The van der Waals surface area contributed by atoms with E-state index >= 15 is 0 Å². The molecule has 0 amide bonds. The van der Waals surface area contributed by atoms with Gasteiger partial charge >= 0.3 is 0 Å². The highest BCUT2D eigenvalue weighted by atomic mass is 32.2. The van der Waals surface area contributed by atoms with Crippen LogP contribution in [0.15, 0.2) is 107 Å². The van der Waals surface area contributed by atoms with Gasteiger partial charge in [0, 0.05) is 56.9 Å². The van der Waals surface area contributed by atoms with Crippen molar-refractivity contribution < 1.29 is 14.4 Å². The number of thiocarbonyl (C=S) groups is 1. The van der Waals surface area contributed by atoms with Crippen LogP contribution in [-0.4, -0.2) is 26.4 Å². The molecule has 0 aliphatic carbocycles. The van der Waals surface area contributed by atoms with Crippen molar-refractivity contribution in [2.24, 2.45) is 0 Å². The van der Waals surface area contributed by atoms with Crippen LogP contribution in [-0.2, 0) is 0 Å². The summed E-state index contributed by atoms with van der Waals surface area (Å²) in [5, 5.41) is 15.2. The van der Waals surface area contributed by atoms with Crippen LogP contribution in [0.5, 0.6) is 11.5 Å². The number of nitro groups is 1. The van der Waals surface area contributed by atoms with E-state index in [1.54, 1.807) is 30.1 Å². The Labute approximate surface area is 263 Å². The Kier molecular flexibility index (Phi) is 7.19. The molecule has 0 saturated carbocycles. The van der Waals surface area contributed by atoms with E-state index in [1.807, 2.05) is 48.5 Å². The molecule has 2 aliphatic heterocycles. The van der Waals surface area contributed by atoms with Gasteiger partial charge in [-0.1, -0.05) is 17.8 Å².